The molecule has 156 valence electrons. The molecule has 0 aliphatic heterocycles. The van der Waals surface area contributed by atoms with Crippen molar-refractivity contribution in [2.45, 2.75) is 20.4 Å². The zero-order chi connectivity index (χ0) is 21.8. The summed E-state index contributed by atoms with van der Waals surface area (Å²) in [4.78, 5) is 28.9. The van der Waals surface area contributed by atoms with Crippen LogP contribution in [0.15, 0.2) is 42.6 Å². The van der Waals surface area contributed by atoms with Crippen molar-refractivity contribution in [3.05, 3.63) is 65.1 Å². The van der Waals surface area contributed by atoms with Gasteiger partial charge in [0.15, 0.2) is 11.5 Å². The van der Waals surface area contributed by atoms with E-state index in [1.165, 1.54) is 32.3 Å². The van der Waals surface area contributed by atoms with E-state index in [1.54, 1.807) is 0 Å². The number of halogens is 2. The predicted octanol–water partition coefficient (Wildman–Crippen LogP) is 3.65. The summed E-state index contributed by atoms with van der Waals surface area (Å²) in [5, 5.41) is 11.8. The van der Waals surface area contributed by atoms with Gasteiger partial charge in [-0.25, -0.2) is 9.67 Å². The third kappa shape index (κ3) is 4.43. The summed E-state index contributed by atoms with van der Waals surface area (Å²) in [5.41, 5.74) is 2.08. The summed E-state index contributed by atoms with van der Waals surface area (Å²) in [7, 11) is 1.47. The quantitative estimate of drug-likeness (QED) is 0.572. The topological polar surface area (TPSA) is 101 Å². The molecule has 1 aromatic carbocycles. The van der Waals surface area contributed by atoms with E-state index in [9.17, 15) is 18.4 Å². The van der Waals surface area contributed by atoms with Gasteiger partial charge < -0.3 is 16.0 Å². The van der Waals surface area contributed by atoms with Crippen molar-refractivity contribution in [2.75, 3.05) is 17.7 Å². The van der Waals surface area contributed by atoms with Crippen LogP contribution >= 0.6 is 0 Å². The van der Waals surface area contributed by atoms with Gasteiger partial charge in [0.25, 0.3) is 11.8 Å². The van der Waals surface area contributed by atoms with Crippen LogP contribution in [0.3, 0.4) is 0 Å². The number of benzene rings is 1. The molecular weight excluding hydrogens is 394 g/mol. The standard InChI is InChI=1S/C20H20F2N6O2/c1-11-6-4-5-7-14(11)25-17-15(9-13(10-24-17)18(29)23-3)26-19(30)16-8-12(2)28(27-16)20(21)22/h4-10,20H,1-3H3,(H,23,29)(H,24,25)(H,26,30). The molecule has 2 amide bonds. The smallest absolute Gasteiger partial charge is 0.333 e. The lowest BCUT2D eigenvalue weighted by atomic mass is 10.2. The van der Waals surface area contributed by atoms with Crippen molar-refractivity contribution in [3.8, 4) is 0 Å². The molecule has 8 nitrogen and oxygen atoms in total. The maximum absolute atomic E-state index is 13.0. The van der Waals surface area contributed by atoms with Gasteiger partial charge in [0.1, 0.15) is 0 Å². The Kier molecular flexibility index (Phi) is 6.05. The number of rotatable bonds is 6. The zero-order valence-corrected chi connectivity index (χ0v) is 16.5. The Morgan fingerprint density at radius 1 is 1.07 bits per heavy atom. The molecule has 0 atom stereocenters. The van der Waals surface area contributed by atoms with Gasteiger partial charge in [0.05, 0.1) is 11.3 Å². The molecule has 3 rings (SSSR count). The van der Waals surface area contributed by atoms with E-state index in [0.717, 1.165) is 11.3 Å². The van der Waals surface area contributed by atoms with Crippen LogP contribution in [0.4, 0.5) is 26.0 Å². The Morgan fingerprint density at radius 2 is 1.80 bits per heavy atom. The van der Waals surface area contributed by atoms with Gasteiger partial charge in [0.2, 0.25) is 0 Å². The number of anilines is 3. The Labute approximate surface area is 171 Å². The number of para-hydroxylation sites is 1. The summed E-state index contributed by atoms with van der Waals surface area (Å²) >= 11 is 0. The van der Waals surface area contributed by atoms with Crippen molar-refractivity contribution in [3.63, 3.8) is 0 Å². The Balaban J connectivity index is 1.96. The zero-order valence-electron chi connectivity index (χ0n) is 16.5. The first-order valence-corrected chi connectivity index (χ1v) is 9.00. The van der Waals surface area contributed by atoms with Crippen LogP contribution in [0.25, 0.3) is 0 Å². The molecule has 3 N–H and O–H groups in total. The summed E-state index contributed by atoms with van der Waals surface area (Å²) in [6.45, 7) is 0.469. The lowest BCUT2D eigenvalue weighted by Gasteiger charge is -2.14. The highest BCUT2D eigenvalue weighted by molar-refractivity contribution is 6.05. The molecule has 2 aromatic heterocycles. The summed E-state index contributed by atoms with van der Waals surface area (Å²) < 4.78 is 26.4. The highest BCUT2D eigenvalue weighted by Gasteiger charge is 2.19. The van der Waals surface area contributed by atoms with E-state index in [1.807, 2.05) is 31.2 Å². The van der Waals surface area contributed by atoms with Crippen molar-refractivity contribution < 1.29 is 18.4 Å². The number of aromatic nitrogens is 3. The second-order valence-corrected chi connectivity index (χ2v) is 6.49. The van der Waals surface area contributed by atoms with E-state index in [0.29, 0.717) is 4.68 Å². The number of hydrogen-bond acceptors (Lipinski definition) is 5. The molecule has 10 heteroatoms. The van der Waals surface area contributed by atoms with Crippen LogP contribution in [-0.4, -0.2) is 33.6 Å². The molecule has 0 unspecified atom stereocenters. The van der Waals surface area contributed by atoms with Crippen LogP contribution in [0, 0.1) is 13.8 Å². The molecule has 0 radical (unpaired) electrons. The SMILES string of the molecule is CNC(=O)c1cnc(Nc2ccccc2C)c(NC(=O)c2cc(C)n(C(F)F)n2)c1. The largest absolute Gasteiger partial charge is 0.355 e. The minimum atomic E-state index is -2.86. The Bertz CT molecular complexity index is 1100. The molecule has 0 saturated heterocycles. The molecule has 0 spiro atoms. The number of amides is 2. The first-order valence-electron chi connectivity index (χ1n) is 9.00. The number of alkyl halides is 2. The van der Waals surface area contributed by atoms with Crippen LogP contribution in [0.1, 0.15) is 38.7 Å². The fourth-order valence-corrected chi connectivity index (χ4v) is 2.75. The molecule has 0 fully saturated rings. The molecule has 0 saturated carbocycles. The number of hydrogen-bond donors (Lipinski definition) is 3. The summed E-state index contributed by atoms with van der Waals surface area (Å²) in [5.74, 6) is -0.810. The van der Waals surface area contributed by atoms with Crippen LogP contribution in [-0.2, 0) is 0 Å². The average molecular weight is 414 g/mol. The maximum atomic E-state index is 13.0. The second kappa shape index (κ2) is 8.68. The fourth-order valence-electron chi connectivity index (χ4n) is 2.75. The fraction of sp³-hybridized carbons (Fsp3) is 0.200. The van der Waals surface area contributed by atoms with Crippen LogP contribution in [0.2, 0.25) is 0 Å². The first-order chi connectivity index (χ1) is 14.3. The summed E-state index contributed by atoms with van der Waals surface area (Å²) in [6.07, 6.45) is 1.37. The van der Waals surface area contributed by atoms with Gasteiger partial charge in [-0.3, -0.25) is 9.59 Å². The molecule has 30 heavy (non-hydrogen) atoms. The minimum Gasteiger partial charge on any atom is -0.355 e. The lowest BCUT2D eigenvalue weighted by Crippen LogP contribution is -2.20. The second-order valence-electron chi connectivity index (χ2n) is 6.49. The van der Waals surface area contributed by atoms with Gasteiger partial charge in [-0.2, -0.15) is 13.9 Å². The van der Waals surface area contributed by atoms with Gasteiger partial charge >= 0.3 is 6.55 Å². The highest BCUT2D eigenvalue weighted by atomic mass is 19.3. The molecule has 0 bridgehead atoms. The van der Waals surface area contributed by atoms with Crippen LogP contribution < -0.4 is 16.0 Å². The summed E-state index contributed by atoms with van der Waals surface area (Å²) in [6, 6.07) is 10.2. The van der Waals surface area contributed by atoms with Crippen LogP contribution in [0.5, 0.6) is 0 Å². The molecule has 0 aliphatic carbocycles. The normalized spacial score (nSPS) is 10.7. The van der Waals surface area contributed by atoms with Crippen molar-refractivity contribution in [1.29, 1.82) is 0 Å². The van der Waals surface area contributed by atoms with Crippen molar-refractivity contribution in [2.24, 2.45) is 0 Å². The third-order valence-electron chi connectivity index (χ3n) is 4.36. The highest BCUT2D eigenvalue weighted by Crippen LogP contribution is 2.27. The molecular formula is C20H20F2N6O2. The first kappa shape index (κ1) is 20.9. The Hall–Kier alpha value is -3.82. The number of carbonyl (C=O) groups is 2. The molecule has 2 heterocycles. The van der Waals surface area contributed by atoms with E-state index < -0.39 is 18.4 Å². The number of nitrogens with zero attached hydrogens (tertiary/aromatic N) is 3. The van der Waals surface area contributed by atoms with E-state index in [-0.39, 0.29) is 28.5 Å². The number of pyridine rings is 1. The monoisotopic (exact) mass is 414 g/mol. The number of carbonyl (C=O) groups excluding carboxylic acids is 2. The average Bonchev–Trinajstić information content (AvgIpc) is 3.12. The lowest BCUT2D eigenvalue weighted by molar-refractivity contribution is 0.0540. The van der Waals surface area contributed by atoms with Gasteiger partial charge in [-0.15, -0.1) is 0 Å². The van der Waals surface area contributed by atoms with Crippen molar-refractivity contribution in [1.82, 2.24) is 20.1 Å². The molecule has 3 aromatic rings. The van der Waals surface area contributed by atoms with Crippen molar-refractivity contribution >= 4 is 29.0 Å². The number of aryl methyl sites for hydroxylation is 2. The third-order valence-corrected chi connectivity index (χ3v) is 4.36. The molecule has 0 aliphatic rings. The minimum absolute atomic E-state index is 0.144. The van der Waals surface area contributed by atoms with Gasteiger partial charge in [-0.1, -0.05) is 18.2 Å². The van der Waals surface area contributed by atoms with E-state index in [2.05, 4.69) is 26.0 Å². The maximum Gasteiger partial charge on any atom is 0.333 e. The van der Waals surface area contributed by atoms with Gasteiger partial charge in [0, 0.05) is 24.6 Å². The number of nitrogens with one attached hydrogen (secondary N) is 3. The predicted molar refractivity (Wildman–Crippen MR) is 108 cm³/mol. The van der Waals surface area contributed by atoms with E-state index in [4.69, 9.17) is 0 Å². The van der Waals surface area contributed by atoms with Gasteiger partial charge in [-0.05, 0) is 37.6 Å². The van der Waals surface area contributed by atoms with E-state index >= 15 is 0 Å². The Morgan fingerprint density at radius 3 is 2.43 bits per heavy atom.